The molecule has 1 N–H and O–H groups in total. The molecule has 0 aromatic heterocycles. The third-order valence-electron chi connectivity index (χ3n) is 6.41. The van der Waals surface area contributed by atoms with Crippen molar-refractivity contribution >= 4 is 27.5 Å². The van der Waals surface area contributed by atoms with E-state index in [1.165, 1.54) is 41.3 Å². The highest BCUT2D eigenvalue weighted by Crippen LogP contribution is 2.26. The van der Waals surface area contributed by atoms with Crippen molar-refractivity contribution in [2.75, 3.05) is 17.5 Å². The summed E-state index contributed by atoms with van der Waals surface area (Å²) in [6.45, 7) is 9.01. The van der Waals surface area contributed by atoms with Gasteiger partial charge in [0.1, 0.15) is 24.2 Å². The Balaban J connectivity index is 2.04. The van der Waals surface area contributed by atoms with Crippen LogP contribution < -0.4 is 14.4 Å². The van der Waals surface area contributed by atoms with Crippen LogP contribution in [0.1, 0.15) is 45.2 Å². The van der Waals surface area contributed by atoms with E-state index >= 15 is 0 Å². The molecule has 0 bridgehead atoms. The summed E-state index contributed by atoms with van der Waals surface area (Å²) in [5.41, 5.74) is 1.83. The van der Waals surface area contributed by atoms with Crippen molar-refractivity contribution in [2.24, 2.45) is 0 Å². The van der Waals surface area contributed by atoms with E-state index in [0.717, 1.165) is 9.87 Å². The number of carbonyl (C=O) groups is 2. The van der Waals surface area contributed by atoms with E-state index in [1.54, 1.807) is 43.3 Å². The Hall–Kier alpha value is -3.92. The number of carbonyl (C=O) groups excluding carboxylic acids is 2. The maximum absolute atomic E-state index is 14.0. The molecule has 10 heteroatoms. The third-order valence-corrected chi connectivity index (χ3v) is 8.19. The van der Waals surface area contributed by atoms with Crippen molar-refractivity contribution in [3.63, 3.8) is 0 Å². The molecular weight excluding hydrogens is 545 g/mol. The predicted molar refractivity (Wildman–Crippen MR) is 158 cm³/mol. The van der Waals surface area contributed by atoms with Crippen molar-refractivity contribution in [1.29, 1.82) is 0 Å². The van der Waals surface area contributed by atoms with Crippen LogP contribution in [0.5, 0.6) is 5.75 Å². The second-order valence-corrected chi connectivity index (χ2v) is 11.8. The molecular formula is C31H38FN3O5S. The van der Waals surface area contributed by atoms with Crippen LogP contribution in [0.4, 0.5) is 10.1 Å². The summed E-state index contributed by atoms with van der Waals surface area (Å²) < 4.78 is 48.0. The van der Waals surface area contributed by atoms with E-state index in [9.17, 15) is 22.4 Å². The van der Waals surface area contributed by atoms with E-state index in [-0.39, 0.29) is 23.4 Å². The summed E-state index contributed by atoms with van der Waals surface area (Å²) in [5.74, 6) is -0.829. The van der Waals surface area contributed by atoms with Gasteiger partial charge in [-0.1, -0.05) is 36.8 Å². The second kappa shape index (κ2) is 14.1. The van der Waals surface area contributed by atoms with Crippen LogP contribution in [0.3, 0.4) is 0 Å². The second-order valence-electron chi connectivity index (χ2n) is 9.99. The average Bonchev–Trinajstić information content (AvgIpc) is 2.93. The summed E-state index contributed by atoms with van der Waals surface area (Å²) in [7, 11) is -4.20. The smallest absolute Gasteiger partial charge is 0.264 e. The van der Waals surface area contributed by atoms with Gasteiger partial charge in [-0.05, 0) is 88.2 Å². The molecule has 220 valence electrons. The van der Waals surface area contributed by atoms with Gasteiger partial charge in [0.05, 0.1) is 17.2 Å². The van der Waals surface area contributed by atoms with Crippen LogP contribution in [0.25, 0.3) is 0 Å². The minimum absolute atomic E-state index is 0.00598. The number of ether oxygens (including phenoxy) is 1. The molecule has 3 rings (SSSR count). The number of sulfonamides is 1. The largest absolute Gasteiger partial charge is 0.494 e. The zero-order valence-corrected chi connectivity index (χ0v) is 24.9. The number of amides is 2. The first-order valence-corrected chi connectivity index (χ1v) is 15.1. The lowest BCUT2D eigenvalue weighted by molar-refractivity contribution is -0.140. The van der Waals surface area contributed by atoms with E-state index in [0.29, 0.717) is 30.0 Å². The van der Waals surface area contributed by atoms with Crippen molar-refractivity contribution < 1.29 is 27.1 Å². The zero-order valence-electron chi connectivity index (χ0n) is 24.1. The summed E-state index contributed by atoms with van der Waals surface area (Å²) in [6.07, 6.45) is 0.293. The molecule has 3 aromatic rings. The Labute approximate surface area is 242 Å². The predicted octanol–water partition coefficient (Wildman–Crippen LogP) is 5.06. The molecule has 0 saturated carbocycles. The average molecular weight is 584 g/mol. The molecule has 0 aliphatic rings. The molecule has 0 saturated heterocycles. The fourth-order valence-corrected chi connectivity index (χ4v) is 5.74. The molecule has 0 radical (unpaired) electrons. The van der Waals surface area contributed by atoms with Gasteiger partial charge in [-0.15, -0.1) is 0 Å². The van der Waals surface area contributed by atoms with Crippen LogP contribution in [0.2, 0.25) is 0 Å². The molecule has 0 aliphatic heterocycles. The zero-order chi connectivity index (χ0) is 30.2. The molecule has 0 heterocycles. The molecule has 0 unspecified atom stereocenters. The normalized spacial score (nSPS) is 12.1. The van der Waals surface area contributed by atoms with Gasteiger partial charge < -0.3 is 15.0 Å². The Kier molecular flexibility index (Phi) is 10.9. The van der Waals surface area contributed by atoms with Crippen LogP contribution in [0.15, 0.2) is 77.7 Å². The molecule has 2 amide bonds. The monoisotopic (exact) mass is 583 g/mol. The van der Waals surface area contributed by atoms with Gasteiger partial charge >= 0.3 is 0 Å². The first-order valence-electron chi connectivity index (χ1n) is 13.6. The number of benzene rings is 3. The number of nitrogens with zero attached hydrogens (tertiary/aromatic N) is 2. The number of rotatable bonds is 13. The van der Waals surface area contributed by atoms with E-state index in [4.69, 9.17) is 4.74 Å². The maximum atomic E-state index is 14.0. The fourth-order valence-electron chi connectivity index (χ4n) is 4.33. The number of hydrogen-bond donors (Lipinski definition) is 1. The molecule has 0 fully saturated rings. The maximum Gasteiger partial charge on any atom is 0.264 e. The lowest BCUT2D eigenvalue weighted by Crippen LogP contribution is -2.53. The Morgan fingerprint density at radius 3 is 2.07 bits per heavy atom. The lowest BCUT2D eigenvalue weighted by atomic mass is 10.1. The van der Waals surface area contributed by atoms with Gasteiger partial charge in [-0.25, -0.2) is 12.8 Å². The first kappa shape index (κ1) is 31.6. The first-order chi connectivity index (χ1) is 19.5. The van der Waals surface area contributed by atoms with Crippen molar-refractivity contribution in [3.8, 4) is 5.75 Å². The molecule has 1 atom stereocenters. The molecule has 0 spiro atoms. The standard InChI is InChI=1S/C31H38FN3O5S/c1-6-29(31(37)33-22(3)4)34(20-24-10-12-25(32)13-11-24)30(36)21-35(26-14-8-23(5)9-15-26)41(38,39)28-18-16-27(17-19-28)40-7-2/h8-19,22,29H,6-7,20-21H2,1-5H3,(H,33,37)/t29-/m0/s1. The summed E-state index contributed by atoms with van der Waals surface area (Å²) in [6, 6.07) is 17.4. The molecule has 0 aliphatic carbocycles. The van der Waals surface area contributed by atoms with E-state index in [2.05, 4.69) is 5.32 Å². The highest BCUT2D eigenvalue weighted by atomic mass is 32.2. The minimum Gasteiger partial charge on any atom is -0.494 e. The molecule has 3 aromatic carbocycles. The van der Waals surface area contributed by atoms with Crippen LogP contribution in [-0.2, 0) is 26.2 Å². The van der Waals surface area contributed by atoms with Crippen LogP contribution in [-0.4, -0.2) is 50.4 Å². The van der Waals surface area contributed by atoms with Crippen molar-refractivity contribution in [1.82, 2.24) is 10.2 Å². The minimum atomic E-state index is -4.20. The van der Waals surface area contributed by atoms with Crippen LogP contribution in [0, 0.1) is 12.7 Å². The van der Waals surface area contributed by atoms with Crippen LogP contribution >= 0.6 is 0 Å². The number of anilines is 1. The number of nitrogens with one attached hydrogen (secondary N) is 1. The van der Waals surface area contributed by atoms with Crippen molar-refractivity contribution in [2.45, 2.75) is 64.6 Å². The van der Waals surface area contributed by atoms with Gasteiger partial charge in [-0.2, -0.15) is 0 Å². The molecule has 41 heavy (non-hydrogen) atoms. The SMILES string of the molecule is CCOc1ccc(S(=O)(=O)N(CC(=O)N(Cc2ccc(F)cc2)[C@@H](CC)C(=O)NC(C)C)c2ccc(C)cc2)cc1. The Morgan fingerprint density at radius 1 is 0.927 bits per heavy atom. The highest BCUT2D eigenvalue weighted by Gasteiger charge is 2.33. The summed E-state index contributed by atoms with van der Waals surface area (Å²) >= 11 is 0. The van der Waals surface area contributed by atoms with Crippen molar-refractivity contribution in [3.05, 3.63) is 89.7 Å². The quantitative estimate of drug-likeness (QED) is 0.304. The number of aryl methyl sites for hydroxylation is 1. The Morgan fingerprint density at radius 2 is 1.54 bits per heavy atom. The third kappa shape index (κ3) is 8.29. The Bertz CT molecular complexity index is 1410. The lowest BCUT2D eigenvalue weighted by Gasteiger charge is -2.33. The van der Waals surface area contributed by atoms with E-state index < -0.39 is 34.3 Å². The number of hydrogen-bond acceptors (Lipinski definition) is 5. The summed E-state index contributed by atoms with van der Waals surface area (Å²) in [5, 5.41) is 2.85. The van der Waals surface area contributed by atoms with E-state index in [1.807, 2.05) is 27.7 Å². The van der Waals surface area contributed by atoms with Gasteiger partial charge in [0.2, 0.25) is 11.8 Å². The summed E-state index contributed by atoms with van der Waals surface area (Å²) in [4.78, 5) is 28.5. The highest BCUT2D eigenvalue weighted by molar-refractivity contribution is 7.92. The fraction of sp³-hybridized carbons (Fsp3) is 0.355. The molecule has 8 nitrogen and oxygen atoms in total. The van der Waals surface area contributed by atoms with Gasteiger partial charge in [0.25, 0.3) is 10.0 Å². The van der Waals surface area contributed by atoms with Gasteiger partial charge in [0.15, 0.2) is 0 Å². The van der Waals surface area contributed by atoms with Gasteiger partial charge in [0, 0.05) is 12.6 Å². The van der Waals surface area contributed by atoms with Gasteiger partial charge in [-0.3, -0.25) is 13.9 Å². The number of halogens is 1. The topological polar surface area (TPSA) is 96.0 Å².